The molecular formula is C28H27N5O2. The summed E-state index contributed by atoms with van der Waals surface area (Å²) in [4.78, 5) is 32.5. The molecule has 7 nitrogen and oxygen atoms in total. The lowest BCUT2D eigenvalue weighted by molar-refractivity contribution is -0.123. The molecule has 0 fully saturated rings. The summed E-state index contributed by atoms with van der Waals surface area (Å²) < 4.78 is 4.13. The predicted octanol–water partition coefficient (Wildman–Crippen LogP) is 4.99. The molecule has 0 bridgehead atoms. The third kappa shape index (κ3) is 3.89. The van der Waals surface area contributed by atoms with Crippen LogP contribution < -0.4 is 0 Å². The Kier molecular flexibility index (Phi) is 5.68. The zero-order chi connectivity index (χ0) is 24.7. The Morgan fingerprint density at radius 3 is 2.37 bits per heavy atom. The third-order valence-corrected chi connectivity index (χ3v) is 6.35. The van der Waals surface area contributed by atoms with Crippen LogP contribution in [0.4, 0.5) is 0 Å². The number of amides is 2. The van der Waals surface area contributed by atoms with Crippen molar-refractivity contribution >= 4 is 23.5 Å². The molecule has 0 radical (unpaired) electrons. The zero-order valence-electron chi connectivity index (χ0n) is 20.3. The number of pyridine rings is 1. The number of aromatic nitrogens is 4. The van der Waals surface area contributed by atoms with Crippen LogP contribution in [0.25, 0.3) is 17.5 Å². The Hall–Kier alpha value is -4.26. The molecule has 4 aromatic rings. The van der Waals surface area contributed by atoms with Gasteiger partial charge in [0.25, 0.3) is 11.8 Å². The van der Waals surface area contributed by atoms with Gasteiger partial charge in [-0.3, -0.25) is 19.5 Å². The number of nitrogens with zero attached hydrogens (tertiary/aromatic N) is 5. The third-order valence-electron chi connectivity index (χ3n) is 6.35. The fourth-order valence-corrected chi connectivity index (χ4v) is 4.66. The lowest BCUT2D eigenvalue weighted by atomic mass is 9.92. The molecule has 0 aliphatic carbocycles. The summed E-state index contributed by atoms with van der Waals surface area (Å²) in [5.74, 6) is 0.345. The topological polar surface area (TPSA) is 73.0 Å². The van der Waals surface area contributed by atoms with E-state index in [2.05, 4.69) is 34.6 Å². The number of carbonyl (C=O) groups excluding carboxylic acids is 2. The van der Waals surface area contributed by atoms with E-state index in [1.54, 1.807) is 18.5 Å². The summed E-state index contributed by atoms with van der Waals surface area (Å²) >= 11 is 0. The smallest absolute Gasteiger partial charge is 0.261 e. The molecule has 176 valence electrons. The average molecular weight is 466 g/mol. The molecule has 0 N–H and O–H groups in total. The molecule has 7 heteroatoms. The van der Waals surface area contributed by atoms with Crippen LogP contribution in [-0.2, 0) is 11.3 Å². The molecule has 0 saturated carbocycles. The fourth-order valence-electron chi connectivity index (χ4n) is 4.66. The Balaban J connectivity index is 1.62. The molecule has 1 aliphatic heterocycles. The van der Waals surface area contributed by atoms with Gasteiger partial charge in [-0.05, 0) is 69.2 Å². The number of rotatable bonds is 5. The Morgan fingerprint density at radius 2 is 1.66 bits per heavy atom. The van der Waals surface area contributed by atoms with E-state index in [9.17, 15) is 9.59 Å². The van der Waals surface area contributed by atoms with Crippen molar-refractivity contribution in [3.8, 4) is 5.82 Å². The zero-order valence-corrected chi connectivity index (χ0v) is 20.3. The van der Waals surface area contributed by atoms with E-state index in [-0.39, 0.29) is 24.4 Å². The molecule has 4 heterocycles. The summed E-state index contributed by atoms with van der Waals surface area (Å²) in [7, 11) is 0. The van der Waals surface area contributed by atoms with E-state index in [0.29, 0.717) is 22.4 Å². The van der Waals surface area contributed by atoms with E-state index in [0.717, 1.165) is 22.8 Å². The summed E-state index contributed by atoms with van der Waals surface area (Å²) in [6.07, 6.45) is 5.36. The fraction of sp³-hybridized carbons (Fsp3) is 0.214. The van der Waals surface area contributed by atoms with E-state index in [4.69, 9.17) is 0 Å². The van der Waals surface area contributed by atoms with Gasteiger partial charge in [0.05, 0.1) is 18.4 Å². The second kappa shape index (κ2) is 8.83. The van der Waals surface area contributed by atoms with Crippen LogP contribution in [0.1, 0.15) is 58.5 Å². The van der Waals surface area contributed by atoms with Gasteiger partial charge >= 0.3 is 0 Å². The normalized spacial score (nSPS) is 14.8. The maximum absolute atomic E-state index is 13.7. The number of fused-ring (bicyclic) bond motifs is 1. The van der Waals surface area contributed by atoms with Gasteiger partial charge in [0.15, 0.2) is 0 Å². The summed E-state index contributed by atoms with van der Waals surface area (Å²) in [5, 5.41) is 4.48. The largest absolute Gasteiger partial charge is 0.303 e. The minimum Gasteiger partial charge on any atom is -0.303 e. The molecule has 35 heavy (non-hydrogen) atoms. The summed E-state index contributed by atoms with van der Waals surface area (Å²) in [6, 6.07) is 17.0. The first kappa shape index (κ1) is 22.5. The van der Waals surface area contributed by atoms with Crippen LogP contribution in [0.5, 0.6) is 0 Å². The predicted molar refractivity (Wildman–Crippen MR) is 135 cm³/mol. The van der Waals surface area contributed by atoms with Gasteiger partial charge in [-0.2, -0.15) is 5.10 Å². The van der Waals surface area contributed by atoms with E-state index in [1.807, 2.05) is 67.1 Å². The van der Waals surface area contributed by atoms with Crippen molar-refractivity contribution in [2.75, 3.05) is 0 Å². The van der Waals surface area contributed by atoms with Gasteiger partial charge in [-0.25, -0.2) is 4.68 Å². The van der Waals surface area contributed by atoms with Crippen molar-refractivity contribution in [2.45, 2.75) is 40.3 Å². The Labute approximate surface area is 204 Å². The molecule has 2 amide bonds. The van der Waals surface area contributed by atoms with Gasteiger partial charge in [0.1, 0.15) is 5.82 Å². The minimum absolute atomic E-state index is 0.122. The average Bonchev–Trinajstić information content (AvgIpc) is 3.44. The first-order valence-electron chi connectivity index (χ1n) is 11.7. The van der Waals surface area contributed by atoms with Crippen LogP contribution in [0.15, 0.2) is 67.0 Å². The van der Waals surface area contributed by atoms with Crippen LogP contribution >= 0.6 is 0 Å². The molecular weight excluding hydrogens is 438 g/mol. The van der Waals surface area contributed by atoms with Gasteiger partial charge in [-0.1, -0.05) is 24.3 Å². The quantitative estimate of drug-likeness (QED) is 0.307. The molecule has 0 saturated heterocycles. The van der Waals surface area contributed by atoms with E-state index in [1.165, 1.54) is 4.90 Å². The molecule has 3 aromatic heterocycles. The maximum Gasteiger partial charge on any atom is 0.261 e. The van der Waals surface area contributed by atoms with Crippen molar-refractivity contribution in [3.05, 3.63) is 101 Å². The maximum atomic E-state index is 13.7. The SMILES string of the molecule is Cc1cc(/C=C2/C(=O)N(Cc3ccccn3)C(=O)c3ccccc32)c(C)n1-c1ccnn1C(C)C. The number of carbonyl (C=O) groups is 2. The highest BCUT2D eigenvalue weighted by molar-refractivity contribution is 6.33. The lowest BCUT2D eigenvalue weighted by Gasteiger charge is -2.28. The number of hydrogen-bond donors (Lipinski definition) is 0. The minimum atomic E-state index is -0.323. The first-order valence-corrected chi connectivity index (χ1v) is 11.7. The molecule has 0 spiro atoms. The van der Waals surface area contributed by atoms with Gasteiger partial charge in [-0.15, -0.1) is 0 Å². The molecule has 0 unspecified atom stereocenters. The van der Waals surface area contributed by atoms with E-state index >= 15 is 0 Å². The second-order valence-corrected chi connectivity index (χ2v) is 9.01. The highest BCUT2D eigenvalue weighted by Gasteiger charge is 2.35. The van der Waals surface area contributed by atoms with Gasteiger partial charge in [0, 0.05) is 40.8 Å². The standard InChI is InChI=1S/C28H27N5O2/c1-18(2)33-26(12-14-30-33)32-19(3)15-21(20(32)4)16-25-23-10-5-6-11-24(23)27(34)31(28(25)35)17-22-9-7-8-13-29-22/h5-16,18H,17H2,1-4H3/b25-16+. The highest BCUT2D eigenvalue weighted by atomic mass is 16.2. The summed E-state index contributed by atoms with van der Waals surface area (Å²) in [5.41, 5.74) is 5.27. The molecule has 0 atom stereocenters. The number of aryl methyl sites for hydroxylation is 1. The molecule has 1 aromatic carbocycles. The highest BCUT2D eigenvalue weighted by Crippen LogP contribution is 2.33. The molecule has 5 rings (SSSR count). The van der Waals surface area contributed by atoms with Crippen molar-refractivity contribution in [1.82, 2.24) is 24.2 Å². The van der Waals surface area contributed by atoms with Crippen molar-refractivity contribution in [3.63, 3.8) is 0 Å². The van der Waals surface area contributed by atoms with Crippen molar-refractivity contribution in [1.29, 1.82) is 0 Å². The van der Waals surface area contributed by atoms with Crippen molar-refractivity contribution < 1.29 is 9.59 Å². The van der Waals surface area contributed by atoms with Crippen molar-refractivity contribution in [2.24, 2.45) is 0 Å². The Bertz CT molecular complexity index is 1460. The van der Waals surface area contributed by atoms with Crippen LogP contribution in [0, 0.1) is 13.8 Å². The number of hydrogen-bond acceptors (Lipinski definition) is 4. The van der Waals surface area contributed by atoms with E-state index < -0.39 is 0 Å². The summed E-state index contributed by atoms with van der Waals surface area (Å²) in [6.45, 7) is 8.39. The number of imide groups is 1. The Morgan fingerprint density at radius 1 is 0.914 bits per heavy atom. The van der Waals surface area contributed by atoms with Gasteiger partial charge < -0.3 is 4.57 Å². The monoisotopic (exact) mass is 465 g/mol. The van der Waals surface area contributed by atoms with Crippen LogP contribution in [-0.4, -0.2) is 36.0 Å². The second-order valence-electron chi connectivity index (χ2n) is 9.01. The number of benzene rings is 1. The first-order chi connectivity index (χ1) is 16.9. The lowest BCUT2D eigenvalue weighted by Crippen LogP contribution is -2.41. The van der Waals surface area contributed by atoms with Crippen LogP contribution in [0.2, 0.25) is 0 Å². The molecule has 1 aliphatic rings. The van der Waals surface area contributed by atoms with Crippen LogP contribution in [0.3, 0.4) is 0 Å². The van der Waals surface area contributed by atoms with Gasteiger partial charge in [0.2, 0.25) is 0 Å².